The van der Waals surface area contributed by atoms with E-state index in [9.17, 15) is 23.1 Å². The van der Waals surface area contributed by atoms with Gasteiger partial charge >= 0.3 is 12.3 Å². The van der Waals surface area contributed by atoms with Crippen LogP contribution in [0.5, 0.6) is 11.6 Å². The number of hydrogen-bond acceptors (Lipinski definition) is 8. The fourth-order valence-corrected chi connectivity index (χ4v) is 3.79. The highest BCUT2D eigenvalue weighted by atomic mass is 19.4. The van der Waals surface area contributed by atoms with Crippen molar-refractivity contribution in [1.29, 1.82) is 0 Å². The summed E-state index contributed by atoms with van der Waals surface area (Å²) < 4.78 is 48.8. The van der Waals surface area contributed by atoms with Crippen LogP contribution in [0.4, 0.5) is 24.7 Å². The zero-order valence-electron chi connectivity index (χ0n) is 20.8. The number of aromatic nitrogens is 5. The number of halogens is 3. The van der Waals surface area contributed by atoms with Crippen molar-refractivity contribution in [2.75, 3.05) is 12.4 Å². The molecule has 13 heteroatoms. The first-order chi connectivity index (χ1) is 18.0. The highest BCUT2D eigenvalue weighted by Crippen LogP contribution is 2.38. The van der Waals surface area contributed by atoms with Gasteiger partial charge in [-0.25, -0.2) is 14.8 Å². The summed E-state index contributed by atoms with van der Waals surface area (Å²) in [5.74, 6) is -1.01. The molecule has 0 unspecified atom stereocenters. The highest BCUT2D eigenvalue weighted by Gasteiger charge is 2.32. The monoisotopic (exact) mass is 528 g/mol. The minimum atomic E-state index is -4.98. The lowest BCUT2D eigenvalue weighted by atomic mass is 10.1. The quantitative estimate of drug-likeness (QED) is 0.315. The number of aromatic carboxylic acids is 1. The number of alkyl halides is 3. The van der Waals surface area contributed by atoms with Crippen LogP contribution in [0.1, 0.15) is 34.4 Å². The predicted molar refractivity (Wildman–Crippen MR) is 131 cm³/mol. The number of benzene rings is 1. The van der Waals surface area contributed by atoms with Gasteiger partial charge in [-0.2, -0.15) is 9.78 Å². The Morgan fingerprint density at radius 2 is 1.89 bits per heavy atom. The molecular weight excluding hydrogens is 505 g/mol. The summed E-state index contributed by atoms with van der Waals surface area (Å²) >= 11 is 0. The van der Waals surface area contributed by atoms with Gasteiger partial charge in [0.1, 0.15) is 11.6 Å². The summed E-state index contributed by atoms with van der Waals surface area (Å²) in [7, 11) is 1.49. The van der Waals surface area contributed by atoms with E-state index in [2.05, 4.69) is 25.0 Å². The molecule has 1 aromatic carbocycles. The van der Waals surface area contributed by atoms with Gasteiger partial charge in [0.15, 0.2) is 5.82 Å². The lowest BCUT2D eigenvalue weighted by Gasteiger charge is -2.16. The number of carboxylic acids is 1. The van der Waals surface area contributed by atoms with Crippen LogP contribution in [-0.4, -0.2) is 49.3 Å². The zero-order valence-corrected chi connectivity index (χ0v) is 20.8. The predicted octanol–water partition coefficient (Wildman–Crippen LogP) is 5.25. The van der Waals surface area contributed by atoms with Gasteiger partial charge in [0.25, 0.3) is 0 Å². The summed E-state index contributed by atoms with van der Waals surface area (Å²) in [5, 5.41) is 17.6. The number of pyridine rings is 1. The molecule has 2 N–H and O–H groups in total. The highest BCUT2D eigenvalue weighted by molar-refractivity contribution is 5.96. The third-order valence-corrected chi connectivity index (χ3v) is 5.49. The SMILES string of the molecule is CCc1nn(-c2nc(C)cnc2C)c(Nc2ccc(OC(F)(F)F)cc2C(=O)O)c1-c1ccc(OC)nc1. The van der Waals surface area contributed by atoms with E-state index in [0.29, 0.717) is 52.1 Å². The molecule has 0 saturated carbocycles. The Balaban J connectivity index is 1.94. The van der Waals surface area contributed by atoms with E-state index in [-0.39, 0.29) is 5.69 Å². The minimum absolute atomic E-state index is 0.0109. The molecule has 4 aromatic rings. The van der Waals surface area contributed by atoms with Crippen molar-refractivity contribution in [2.45, 2.75) is 33.6 Å². The number of nitrogens with zero attached hydrogens (tertiary/aromatic N) is 5. The lowest BCUT2D eigenvalue weighted by Crippen LogP contribution is -2.17. The normalized spacial score (nSPS) is 11.3. The molecule has 3 aromatic heterocycles. The van der Waals surface area contributed by atoms with Gasteiger partial charge in [0, 0.05) is 29.6 Å². The Morgan fingerprint density at radius 3 is 2.50 bits per heavy atom. The minimum Gasteiger partial charge on any atom is -0.481 e. The van der Waals surface area contributed by atoms with Gasteiger partial charge in [-0.15, -0.1) is 13.2 Å². The van der Waals surface area contributed by atoms with Gasteiger partial charge in [-0.3, -0.25) is 4.98 Å². The van der Waals surface area contributed by atoms with E-state index in [1.165, 1.54) is 17.9 Å². The second kappa shape index (κ2) is 10.4. The maximum atomic E-state index is 12.7. The van der Waals surface area contributed by atoms with E-state index in [1.54, 1.807) is 38.4 Å². The fourth-order valence-electron chi connectivity index (χ4n) is 3.79. The number of carbonyl (C=O) groups is 1. The molecule has 198 valence electrons. The number of methoxy groups -OCH3 is 1. The van der Waals surface area contributed by atoms with Crippen molar-refractivity contribution in [3.63, 3.8) is 0 Å². The number of carboxylic acid groups (broad SMARTS) is 1. The summed E-state index contributed by atoms with van der Waals surface area (Å²) in [6.45, 7) is 5.42. The van der Waals surface area contributed by atoms with Crippen LogP contribution in [0, 0.1) is 13.8 Å². The molecule has 0 bridgehead atoms. The third kappa shape index (κ3) is 5.51. The number of hydrogen-bond donors (Lipinski definition) is 2. The molecule has 38 heavy (non-hydrogen) atoms. The number of ether oxygens (including phenoxy) is 2. The average Bonchev–Trinajstić information content (AvgIpc) is 3.23. The molecule has 0 atom stereocenters. The van der Waals surface area contributed by atoms with Gasteiger partial charge in [-0.05, 0) is 44.5 Å². The van der Waals surface area contributed by atoms with Crippen LogP contribution in [0.3, 0.4) is 0 Å². The summed E-state index contributed by atoms with van der Waals surface area (Å²) in [4.78, 5) is 25.2. The number of anilines is 2. The Kier molecular flexibility index (Phi) is 7.19. The fraction of sp³-hybridized carbons (Fsp3) is 0.240. The van der Waals surface area contributed by atoms with Crippen LogP contribution in [-0.2, 0) is 6.42 Å². The lowest BCUT2D eigenvalue weighted by molar-refractivity contribution is -0.274. The number of nitrogens with one attached hydrogen (secondary N) is 1. The van der Waals surface area contributed by atoms with Crippen LogP contribution >= 0.6 is 0 Å². The first-order valence-electron chi connectivity index (χ1n) is 11.3. The van der Waals surface area contributed by atoms with E-state index in [0.717, 1.165) is 12.1 Å². The largest absolute Gasteiger partial charge is 0.573 e. The van der Waals surface area contributed by atoms with Crippen molar-refractivity contribution in [2.24, 2.45) is 0 Å². The molecular formula is C25H23F3N6O4. The molecule has 0 aliphatic rings. The standard InChI is InChI=1S/C25H23F3N6O4/c1-5-18-21(15-6-9-20(37-4)30-12-15)23(34(33-18)22-14(3)29-11-13(2)31-22)32-19-8-7-16(38-25(26,27)28)10-17(19)24(35)36/h6-12,32H,5H2,1-4H3,(H,35,36). The maximum Gasteiger partial charge on any atom is 0.573 e. The van der Waals surface area contributed by atoms with Gasteiger partial charge < -0.3 is 19.9 Å². The van der Waals surface area contributed by atoms with Gasteiger partial charge in [0.2, 0.25) is 5.88 Å². The van der Waals surface area contributed by atoms with E-state index < -0.39 is 23.6 Å². The van der Waals surface area contributed by atoms with E-state index in [1.807, 2.05) is 6.92 Å². The second-order valence-electron chi connectivity index (χ2n) is 8.13. The first kappa shape index (κ1) is 26.4. The molecule has 10 nitrogen and oxygen atoms in total. The Morgan fingerprint density at radius 1 is 1.13 bits per heavy atom. The van der Waals surface area contributed by atoms with E-state index >= 15 is 0 Å². The van der Waals surface area contributed by atoms with Crippen molar-refractivity contribution >= 4 is 17.5 Å². The average molecular weight is 528 g/mol. The second-order valence-corrected chi connectivity index (χ2v) is 8.13. The first-order valence-corrected chi connectivity index (χ1v) is 11.3. The molecule has 0 aliphatic carbocycles. The molecule has 0 spiro atoms. The van der Waals surface area contributed by atoms with Gasteiger partial charge in [0.05, 0.1) is 35.4 Å². The van der Waals surface area contributed by atoms with Crippen molar-refractivity contribution < 1.29 is 32.5 Å². The van der Waals surface area contributed by atoms with Crippen molar-refractivity contribution in [3.8, 4) is 28.6 Å². The third-order valence-electron chi connectivity index (χ3n) is 5.49. The zero-order chi connectivity index (χ0) is 27.6. The van der Waals surface area contributed by atoms with Crippen LogP contribution < -0.4 is 14.8 Å². The van der Waals surface area contributed by atoms with Crippen molar-refractivity contribution in [1.82, 2.24) is 24.7 Å². The smallest absolute Gasteiger partial charge is 0.481 e. The molecule has 0 radical (unpaired) electrons. The Labute approximate surface area is 215 Å². The Bertz CT molecular complexity index is 1490. The topological polar surface area (TPSA) is 124 Å². The molecule has 0 fully saturated rings. The Hall–Kier alpha value is -4.68. The maximum absolute atomic E-state index is 12.7. The van der Waals surface area contributed by atoms with Crippen LogP contribution in [0.15, 0.2) is 42.7 Å². The van der Waals surface area contributed by atoms with Crippen LogP contribution in [0.2, 0.25) is 0 Å². The molecule has 3 heterocycles. The van der Waals surface area contributed by atoms with Crippen molar-refractivity contribution in [3.05, 3.63) is 65.4 Å². The molecule has 0 aliphatic heterocycles. The molecule has 4 rings (SSSR count). The van der Waals surface area contributed by atoms with Gasteiger partial charge in [-0.1, -0.05) is 6.92 Å². The summed E-state index contributed by atoms with van der Waals surface area (Å²) in [5.41, 5.74) is 2.62. The number of aryl methyl sites for hydroxylation is 3. The van der Waals surface area contributed by atoms with E-state index in [4.69, 9.17) is 9.84 Å². The van der Waals surface area contributed by atoms with Crippen LogP contribution in [0.25, 0.3) is 16.9 Å². The summed E-state index contributed by atoms with van der Waals surface area (Å²) in [6, 6.07) is 6.45. The summed E-state index contributed by atoms with van der Waals surface area (Å²) in [6.07, 6.45) is -1.30. The molecule has 0 saturated heterocycles. The molecule has 0 amide bonds. The number of rotatable bonds is 8.